The van der Waals surface area contributed by atoms with Crippen molar-refractivity contribution in [3.8, 4) is 0 Å². The average molecular weight is 320 g/mol. The molecule has 1 N–H and O–H groups in total. The quantitative estimate of drug-likeness (QED) is 0.264. The van der Waals surface area contributed by atoms with E-state index < -0.39 is 5.97 Å². The summed E-state index contributed by atoms with van der Waals surface area (Å²) in [5.41, 5.74) is 0. The molecule has 0 aromatic heterocycles. The highest BCUT2D eigenvalue weighted by atomic mass is 16.6. The first-order valence-electron chi connectivity index (χ1n) is 9.06. The number of carboxylic acid groups (broad SMARTS) is 1. The molecule has 2 unspecified atom stereocenters. The number of carbonyl (C=O) groups is 1. The molecular formula is C20H32O3. The lowest BCUT2D eigenvalue weighted by Crippen LogP contribution is -1.92. The van der Waals surface area contributed by atoms with Crippen molar-refractivity contribution in [2.45, 2.75) is 83.3 Å². The van der Waals surface area contributed by atoms with Crippen LogP contribution in [-0.4, -0.2) is 23.3 Å². The minimum absolute atomic E-state index is 0.258. The van der Waals surface area contributed by atoms with Crippen LogP contribution in [0, 0.1) is 0 Å². The van der Waals surface area contributed by atoms with E-state index in [4.69, 9.17) is 9.84 Å². The number of hydrogen-bond donors (Lipinski definition) is 1. The molecule has 1 saturated heterocycles. The lowest BCUT2D eigenvalue weighted by Gasteiger charge is -1.91. The van der Waals surface area contributed by atoms with Gasteiger partial charge in [0.1, 0.15) is 0 Å². The van der Waals surface area contributed by atoms with Crippen molar-refractivity contribution >= 4 is 5.97 Å². The molecule has 1 fully saturated rings. The fraction of sp³-hybridized carbons (Fsp3) is 0.650. The smallest absolute Gasteiger partial charge is 0.303 e. The summed E-state index contributed by atoms with van der Waals surface area (Å²) in [6.07, 6.45) is 23.8. The molecule has 3 nitrogen and oxygen atoms in total. The molecule has 1 heterocycles. The number of allylic oxidation sites excluding steroid dienone is 4. The number of carboxylic acids is 1. The Morgan fingerprint density at radius 2 is 1.52 bits per heavy atom. The molecule has 2 atom stereocenters. The van der Waals surface area contributed by atoms with Crippen molar-refractivity contribution in [3.05, 3.63) is 36.5 Å². The van der Waals surface area contributed by atoms with Crippen LogP contribution >= 0.6 is 0 Å². The standard InChI is InChI=1S/C20H32O3/c1-2-3-4-5-9-12-15-18-19(23-18)16-13-10-7-6-8-11-14-17-20(21)22/h6,8-10,12-13,18-19H,2-5,7,11,14-17H2,1H3,(H,21,22)/b8-6-,12-9-,13-10-. The van der Waals surface area contributed by atoms with Gasteiger partial charge in [0.2, 0.25) is 0 Å². The van der Waals surface area contributed by atoms with Crippen molar-refractivity contribution in [1.29, 1.82) is 0 Å². The Balaban J connectivity index is 1.92. The molecule has 0 spiro atoms. The van der Waals surface area contributed by atoms with Gasteiger partial charge in [-0.25, -0.2) is 0 Å². The van der Waals surface area contributed by atoms with Crippen LogP contribution in [0.1, 0.15) is 71.1 Å². The molecule has 0 radical (unpaired) electrons. The molecule has 0 aromatic rings. The minimum atomic E-state index is -0.715. The van der Waals surface area contributed by atoms with Crippen LogP contribution in [0.4, 0.5) is 0 Å². The number of ether oxygens (including phenoxy) is 1. The van der Waals surface area contributed by atoms with Crippen molar-refractivity contribution < 1.29 is 14.6 Å². The van der Waals surface area contributed by atoms with E-state index in [0.717, 1.165) is 32.1 Å². The molecule has 0 saturated carbocycles. The number of hydrogen-bond acceptors (Lipinski definition) is 2. The van der Waals surface area contributed by atoms with E-state index in [1.165, 1.54) is 25.7 Å². The van der Waals surface area contributed by atoms with Gasteiger partial charge in [-0.1, -0.05) is 56.2 Å². The molecule has 1 aliphatic heterocycles. The van der Waals surface area contributed by atoms with Gasteiger partial charge in [0, 0.05) is 6.42 Å². The Bertz CT molecular complexity index is 396. The Morgan fingerprint density at radius 3 is 2.22 bits per heavy atom. The second-order valence-corrected chi connectivity index (χ2v) is 6.12. The molecule has 1 rings (SSSR count). The zero-order chi connectivity index (χ0) is 16.8. The van der Waals surface area contributed by atoms with Gasteiger partial charge in [0.15, 0.2) is 0 Å². The second-order valence-electron chi connectivity index (χ2n) is 6.12. The SMILES string of the molecule is CCCCC/C=C\CC1OC1C/C=C\C/C=C\CCCC(=O)O. The Morgan fingerprint density at radius 1 is 0.913 bits per heavy atom. The summed E-state index contributed by atoms with van der Waals surface area (Å²) in [5.74, 6) is -0.715. The molecule has 23 heavy (non-hydrogen) atoms. The topological polar surface area (TPSA) is 49.8 Å². The molecule has 0 amide bonds. The summed E-state index contributed by atoms with van der Waals surface area (Å²) in [4.78, 5) is 10.3. The molecule has 1 aliphatic rings. The summed E-state index contributed by atoms with van der Waals surface area (Å²) < 4.78 is 5.65. The highest BCUT2D eigenvalue weighted by Crippen LogP contribution is 2.29. The maximum absolute atomic E-state index is 10.3. The van der Waals surface area contributed by atoms with E-state index in [-0.39, 0.29) is 6.42 Å². The van der Waals surface area contributed by atoms with E-state index in [2.05, 4.69) is 43.4 Å². The van der Waals surface area contributed by atoms with Gasteiger partial charge in [-0.15, -0.1) is 0 Å². The van der Waals surface area contributed by atoms with Crippen molar-refractivity contribution in [3.63, 3.8) is 0 Å². The second kappa shape index (κ2) is 13.1. The predicted molar refractivity (Wildman–Crippen MR) is 95.6 cm³/mol. The Labute approximate surface area is 141 Å². The summed E-state index contributed by atoms with van der Waals surface area (Å²) in [6.45, 7) is 2.23. The van der Waals surface area contributed by atoms with Crippen molar-refractivity contribution in [1.82, 2.24) is 0 Å². The lowest BCUT2D eigenvalue weighted by molar-refractivity contribution is -0.137. The van der Waals surface area contributed by atoms with Crippen LogP contribution in [0.15, 0.2) is 36.5 Å². The number of aliphatic carboxylic acids is 1. The third-order valence-corrected chi connectivity index (χ3v) is 3.93. The zero-order valence-corrected chi connectivity index (χ0v) is 14.5. The van der Waals surface area contributed by atoms with Gasteiger partial charge in [-0.05, 0) is 44.9 Å². The van der Waals surface area contributed by atoms with Gasteiger partial charge in [0.25, 0.3) is 0 Å². The third-order valence-electron chi connectivity index (χ3n) is 3.93. The predicted octanol–water partition coefficient (Wildman–Crippen LogP) is 5.43. The van der Waals surface area contributed by atoms with Gasteiger partial charge >= 0.3 is 5.97 Å². The molecule has 0 bridgehead atoms. The van der Waals surface area contributed by atoms with Crippen LogP contribution < -0.4 is 0 Å². The van der Waals surface area contributed by atoms with Crippen molar-refractivity contribution in [2.24, 2.45) is 0 Å². The molecule has 0 aliphatic carbocycles. The normalized spacial score (nSPS) is 20.9. The number of rotatable bonds is 14. The first-order valence-corrected chi connectivity index (χ1v) is 9.06. The van der Waals surface area contributed by atoms with E-state index in [1.807, 2.05) is 0 Å². The van der Waals surface area contributed by atoms with E-state index in [0.29, 0.717) is 12.2 Å². The maximum atomic E-state index is 10.3. The van der Waals surface area contributed by atoms with Crippen LogP contribution in [0.3, 0.4) is 0 Å². The molecule has 0 aromatic carbocycles. The van der Waals surface area contributed by atoms with Crippen LogP contribution in [0.5, 0.6) is 0 Å². The first-order chi connectivity index (χ1) is 11.2. The monoisotopic (exact) mass is 320 g/mol. The minimum Gasteiger partial charge on any atom is -0.481 e. The van der Waals surface area contributed by atoms with Crippen LogP contribution in [0.25, 0.3) is 0 Å². The Hall–Kier alpha value is -1.35. The highest BCUT2D eigenvalue weighted by Gasteiger charge is 2.35. The zero-order valence-electron chi connectivity index (χ0n) is 14.5. The summed E-state index contributed by atoms with van der Waals surface area (Å²) >= 11 is 0. The van der Waals surface area contributed by atoms with E-state index in [9.17, 15) is 4.79 Å². The average Bonchev–Trinajstić information content (AvgIpc) is 3.27. The van der Waals surface area contributed by atoms with Crippen LogP contribution in [0.2, 0.25) is 0 Å². The van der Waals surface area contributed by atoms with Gasteiger partial charge in [-0.3, -0.25) is 4.79 Å². The first kappa shape index (κ1) is 19.7. The number of unbranched alkanes of at least 4 members (excludes halogenated alkanes) is 4. The molecule has 130 valence electrons. The summed E-state index contributed by atoms with van der Waals surface area (Å²) in [6, 6.07) is 0. The van der Waals surface area contributed by atoms with Crippen LogP contribution in [-0.2, 0) is 9.53 Å². The van der Waals surface area contributed by atoms with Gasteiger partial charge < -0.3 is 9.84 Å². The van der Waals surface area contributed by atoms with Gasteiger partial charge in [0.05, 0.1) is 12.2 Å². The summed E-state index contributed by atoms with van der Waals surface area (Å²) in [7, 11) is 0. The molecule has 3 heteroatoms. The molecular weight excluding hydrogens is 288 g/mol. The Kier molecular flexibility index (Phi) is 11.2. The third kappa shape index (κ3) is 11.8. The largest absolute Gasteiger partial charge is 0.481 e. The van der Waals surface area contributed by atoms with E-state index in [1.54, 1.807) is 0 Å². The lowest BCUT2D eigenvalue weighted by atomic mass is 10.1. The number of epoxide rings is 1. The maximum Gasteiger partial charge on any atom is 0.303 e. The van der Waals surface area contributed by atoms with Gasteiger partial charge in [-0.2, -0.15) is 0 Å². The fourth-order valence-corrected chi connectivity index (χ4v) is 2.44. The van der Waals surface area contributed by atoms with E-state index >= 15 is 0 Å². The highest BCUT2D eigenvalue weighted by molar-refractivity contribution is 5.66. The van der Waals surface area contributed by atoms with Crippen molar-refractivity contribution in [2.75, 3.05) is 0 Å². The summed E-state index contributed by atoms with van der Waals surface area (Å²) in [5, 5.41) is 8.52. The fourth-order valence-electron chi connectivity index (χ4n) is 2.44.